The molecule has 1 aromatic carbocycles. The summed E-state index contributed by atoms with van der Waals surface area (Å²) in [5.41, 5.74) is -0.847. The highest BCUT2D eigenvalue weighted by atomic mass is 35.5. The van der Waals surface area contributed by atoms with Crippen LogP contribution in [0.15, 0.2) is 18.2 Å². The average Bonchev–Trinajstić information content (AvgIpc) is 2.30. The van der Waals surface area contributed by atoms with Crippen LogP contribution in [0.3, 0.4) is 0 Å². The molecule has 1 rings (SSSR count). The zero-order chi connectivity index (χ0) is 14.6. The van der Waals surface area contributed by atoms with E-state index in [2.05, 4.69) is 4.72 Å². The molecule has 9 heteroatoms. The highest BCUT2D eigenvalue weighted by molar-refractivity contribution is 7.92. The molecule has 0 spiro atoms. The first-order valence-electron chi connectivity index (χ1n) is 5.25. The molecule has 0 saturated heterocycles. The quantitative estimate of drug-likeness (QED) is 0.496. The minimum atomic E-state index is -3.68. The average molecular weight is 311 g/mol. The van der Waals surface area contributed by atoms with Crippen molar-refractivity contribution in [2.75, 3.05) is 16.4 Å². The van der Waals surface area contributed by atoms with E-state index in [0.29, 0.717) is 0 Å². The van der Waals surface area contributed by atoms with Gasteiger partial charge >= 0.3 is 5.69 Å². The Morgan fingerprint density at radius 1 is 1.53 bits per heavy atom. The molecule has 0 aliphatic rings. The van der Waals surface area contributed by atoms with Gasteiger partial charge in [0.15, 0.2) is 0 Å². The van der Waals surface area contributed by atoms with Gasteiger partial charge in [0.25, 0.3) is 0 Å². The Balaban J connectivity index is 2.94. The van der Waals surface area contributed by atoms with Gasteiger partial charge in [0.05, 0.1) is 16.4 Å². The maximum absolute atomic E-state index is 13.1. The third-order valence-electron chi connectivity index (χ3n) is 2.18. The lowest BCUT2D eigenvalue weighted by molar-refractivity contribution is -0.387. The van der Waals surface area contributed by atoms with E-state index in [1.807, 2.05) is 0 Å². The monoisotopic (exact) mass is 310 g/mol. The highest BCUT2D eigenvalue weighted by Crippen LogP contribution is 2.22. The van der Waals surface area contributed by atoms with Crippen molar-refractivity contribution in [3.05, 3.63) is 34.1 Å². The summed E-state index contributed by atoms with van der Waals surface area (Å²) in [6.45, 7) is 1.65. The van der Waals surface area contributed by atoms with Gasteiger partial charge in [0, 0.05) is 11.9 Å². The SMILES string of the molecule is CC(CCl)CS(=O)(=O)Nc1ccc(F)c([N+](=O)[O-])c1. The van der Waals surface area contributed by atoms with Crippen LogP contribution in [0.2, 0.25) is 0 Å². The summed E-state index contributed by atoms with van der Waals surface area (Å²) in [7, 11) is -3.68. The van der Waals surface area contributed by atoms with Crippen LogP contribution in [0.25, 0.3) is 0 Å². The smallest absolute Gasteiger partial charge is 0.283 e. The van der Waals surface area contributed by atoms with Gasteiger partial charge in [-0.1, -0.05) is 6.92 Å². The van der Waals surface area contributed by atoms with E-state index in [4.69, 9.17) is 11.6 Å². The maximum atomic E-state index is 13.1. The number of anilines is 1. The molecule has 19 heavy (non-hydrogen) atoms. The van der Waals surface area contributed by atoms with Gasteiger partial charge < -0.3 is 0 Å². The normalized spacial score (nSPS) is 13.0. The third kappa shape index (κ3) is 4.64. The predicted octanol–water partition coefficient (Wildman–Crippen LogP) is 2.35. The number of hydrogen-bond acceptors (Lipinski definition) is 4. The van der Waals surface area contributed by atoms with Crippen LogP contribution in [0.1, 0.15) is 6.92 Å². The van der Waals surface area contributed by atoms with Crippen LogP contribution in [-0.2, 0) is 10.0 Å². The zero-order valence-electron chi connectivity index (χ0n) is 9.97. The van der Waals surface area contributed by atoms with Crippen molar-refractivity contribution < 1.29 is 17.7 Å². The van der Waals surface area contributed by atoms with Crippen molar-refractivity contribution in [2.24, 2.45) is 5.92 Å². The molecular formula is C10H12ClFN2O4S. The second-order valence-electron chi connectivity index (χ2n) is 4.07. The van der Waals surface area contributed by atoms with E-state index in [1.54, 1.807) is 6.92 Å². The molecule has 1 unspecified atom stereocenters. The molecule has 0 radical (unpaired) electrons. The van der Waals surface area contributed by atoms with Gasteiger partial charge in [-0.25, -0.2) is 8.42 Å². The Hall–Kier alpha value is -1.41. The lowest BCUT2D eigenvalue weighted by Crippen LogP contribution is -2.22. The fourth-order valence-corrected chi connectivity index (χ4v) is 3.03. The molecule has 0 aliphatic heterocycles. The summed E-state index contributed by atoms with van der Waals surface area (Å²) in [6, 6.07) is 2.78. The first kappa shape index (κ1) is 15.6. The van der Waals surface area contributed by atoms with E-state index in [1.165, 1.54) is 0 Å². The number of sulfonamides is 1. The van der Waals surface area contributed by atoms with Gasteiger partial charge in [-0.05, 0) is 18.1 Å². The van der Waals surface area contributed by atoms with Gasteiger partial charge in [0.1, 0.15) is 0 Å². The van der Waals surface area contributed by atoms with E-state index >= 15 is 0 Å². The second-order valence-corrected chi connectivity index (χ2v) is 6.14. The Morgan fingerprint density at radius 3 is 2.68 bits per heavy atom. The molecule has 1 aromatic rings. The summed E-state index contributed by atoms with van der Waals surface area (Å²) in [6.07, 6.45) is 0. The Morgan fingerprint density at radius 2 is 2.16 bits per heavy atom. The number of rotatable bonds is 6. The van der Waals surface area contributed by atoms with Crippen molar-refractivity contribution in [1.82, 2.24) is 0 Å². The predicted molar refractivity (Wildman–Crippen MR) is 70.3 cm³/mol. The van der Waals surface area contributed by atoms with E-state index in [-0.39, 0.29) is 23.2 Å². The zero-order valence-corrected chi connectivity index (χ0v) is 11.5. The highest BCUT2D eigenvalue weighted by Gasteiger charge is 2.19. The third-order valence-corrected chi connectivity index (χ3v) is 4.26. The number of halogens is 2. The van der Waals surface area contributed by atoms with Gasteiger partial charge in [-0.15, -0.1) is 11.6 Å². The first-order chi connectivity index (χ1) is 8.75. The number of nitrogens with one attached hydrogen (secondary N) is 1. The topological polar surface area (TPSA) is 89.3 Å². The van der Waals surface area contributed by atoms with Crippen LogP contribution in [0.4, 0.5) is 15.8 Å². The lowest BCUT2D eigenvalue weighted by atomic mass is 10.3. The minimum absolute atomic E-state index is 0.0603. The Kier molecular flexibility index (Phi) is 5.07. The number of hydrogen-bond donors (Lipinski definition) is 1. The van der Waals surface area contributed by atoms with Gasteiger partial charge in [-0.2, -0.15) is 4.39 Å². The van der Waals surface area contributed by atoms with Gasteiger partial charge in [0.2, 0.25) is 15.8 Å². The minimum Gasteiger partial charge on any atom is -0.283 e. The molecule has 0 saturated carbocycles. The summed E-state index contributed by atoms with van der Waals surface area (Å²) in [5.74, 6) is -1.34. The van der Waals surface area contributed by atoms with Crippen LogP contribution in [0.5, 0.6) is 0 Å². The number of nitrogens with zero attached hydrogens (tertiary/aromatic N) is 1. The Bertz CT molecular complexity index is 579. The molecule has 0 aliphatic carbocycles. The van der Waals surface area contributed by atoms with Crippen molar-refractivity contribution >= 4 is 33.0 Å². The van der Waals surface area contributed by atoms with Crippen LogP contribution < -0.4 is 4.72 Å². The number of nitro groups is 1. The van der Waals surface area contributed by atoms with Crippen LogP contribution >= 0.6 is 11.6 Å². The van der Waals surface area contributed by atoms with Crippen molar-refractivity contribution in [3.63, 3.8) is 0 Å². The molecule has 0 fully saturated rings. The van der Waals surface area contributed by atoms with E-state index in [9.17, 15) is 22.9 Å². The number of benzene rings is 1. The molecule has 1 atom stereocenters. The molecule has 0 amide bonds. The van der Waals surface area contributed by atoms with E-state index < -0.39 is 26.5 Å². The largest absolute Gasteiger partial charge is 0.306 e. The van der Waals surface area contributed by atoms with Gasteiger partial charge in [-0.3, -0.25) is 14.8 Å². The fraction of sp³-hybridized carbons (Fsp3) is 0.400. The summed E-state index contributed by atoms with van der Waals surface area (Å²) in [5, 5.41) is 10.5. The molecule has 106 valence electrons. The number of nitro benzene ring substituents is 1. The van der Waals surface area contributed by atoms with Crippen LogP contribution in [0, 0.1) is 21.8 Å². The summed E-state index contributed by atoms with van der Waals surface area (Å²) in [4.78, 5) is 9.61. The summed E-state index contributed by atoms with van der Waals surface area (Å²) >= 11 is 5.52. The number of alkyl halides is 1. The fourth-order valence-electron chi connectivity index (χ4n) is 1.36. The second kappa shape index (κ2) is 6.16. The molecule has 0 aromatic heterocycles. The standard InChI is InChI=1S/C10H12ClFN2O4S/c1-7(5-11)6-19(17,18)13-8-2-3-9(12)10(4-8)14(15)16/h2-4,7,13H,5-6H2,1H3. The molecular weight excluding hydrogens is 299 g/mol. The van der Waals surface area contributed by atoms with Crippen molar-refractivity contribution in [1.29, 1.82) is 0 Å². The maximum Gasteiger partial charge on any atom is 0.306 e. The first-order valence-corrected chi connectivity index (χ1v) is 7.44. The summed E-state index contributed by atoms with van der Waals surface area (Å²) < 4.78 is 38.6. The molecule has 6 nitrogen and oxygen atoms in total. The van der Waals surface area contributed by atoms with Crippen LogP contribution in [-0.4, -0.2) is 25.0 Å². The van der Waals surface area contributed by atoms with Crippen molar-refractivity contribution in [3.8, 4) is 0 Å². The van der Waals surface area contributed by atoms with Crippen molar-refractivity contribution in [2.45, 2.75) is 6.92 Å². The molecule has 1 N–H and O–H groups in total. The lowest BCUT2D eigenvalue weighted by Gasteiger charge is -2.11. The Labute approximate surface area is 114 Å². The van der Waals surface area contributed by atoms with E-state index in [0.717, 1.165) is 18.2 Å². The molecule has 0 heterocycles. The molecule has 0 bridgehead atoms.